The van der Waals surface area contributed by atoms with E-state index < -0.39 is 5.97 Å². The van der Waals surface area contributed by atoms with Gasteiger partial charge < -0.3 is 9.47 Å². The van der Waals surface area contributed by atoms with Gasteiger partial charge in [-0.15, -0.1) is 0 Å². The first-order valence-electron chi connectivity index (χ1n) is 8.23. The first kappa shape index (κ1) is 17.4. The highest BCUT2D eigenvalue weighted by Gasteiger charge is 2.13. The summed E-state index contributed by atoms with van der Waals surface area (Å²) in [6.07, 6.45) is 10.5. The number of nitrogens with zero attached hydrogens (tertiary/aromatic N) is 2. The van der Waals surface area contributed by atoms with Gasteiger partial charge >= 0.3 is 5.97 Å². The molecule has 0 radical (unpaired) electrons. The van der Waals surface area contributed by atoms with Crippen LogP contribution >= 0.6 is 0 Å². The molecular weight excluding hydrogens is 328 g/mol. The predicted molar refractivity (Wildman–Crippen MR) is 100.0 cm³/mol. The fourth-order valence-corrected chi connectivity index (χ4v) is 2.29. The van der Waals surface area contributed by atoms with Gasteiger partial charge in [0.25, 0.3) is 0 Å². The summed E-state index contributed by atoms with van der Waals surface area (Å²) in [4.78, 5) is 20.2. The molecule has 0 amide bonds. The molecule has 0 aliphatic rings. The maximum Gasteiger partial charge on any atom is 0.345 e. The molecule has 0 unspecified atom stereocenters. The summed E-state index contributed by atoms with van der Waals surface area (Å²) in [5.41, 5.74) is 2.37. The molecule has 0 N–H and O–H groups in total. The summed E-state index contributed by atoms with van der Waals surface area (Å²) in [5, 5.41) is 0. The Bertz CT molecular complexity index is 894. The van der Waals surface area contributed by atoms with E-state index in [0.717, 1.165) is 11.1 Å². The van der Waals surface area contributed by atoms with Gasteiger partial charge in [0.15, 0.2) is 11.5 Å². The minimum atomic E-state index is -0.473. The zero-order valence-corrected chi connectivity index (χ0v) is 14.3. The minimum Gasteiger partial charge on any atom is -0.490 e. The third-order valence-electron chi connectivity index (χ3n) is 3.54. The summed E-state index contributed by atoms with van der Waals surface area (Å²) in [6.45, 7) is 2.35. The first-order valence-corrected chi connectivity index (χ1v) is 8.23. The maximum atomic E-state index is 12.2. The summed E-state index contributed by atoms with van der Waals surface area (Å²) < 4.78 is 11.1. The van der Waals surface area contributed by atoms with Crippen molar-refractivity contribution in [3.8, 4) is 11.5 Å². The molecular formula is C21H18N2O3. The van der Waals surface area contributed by atoms with Crippen molar-refractivity contribution in [1.82, 2.24) is 9.97 Å². The van der Waals surface area contributed by atoms with Gasteiger partial charge in [-0.05, 0) is 54.4 Å². The van der Waals surface area contributed by atoms with Crippen molar-refractivity contribution in [2.45, 2.75) is 6.92 Å². The van der Waals surface area contributed by atoms with E-state index >= 15 is 0 Å². The molecule has 130 valence electrons. The molecule has 0 atom stereocenters. The number of hydrogen-bond acceptors (Lipinski definition) is 5. The Labute approximate surface area is 152 Å². The van der Waals surface area contributed by atoms with Gasteiger partial charge in [0.05, 0.1) is 12.2 Å². The average molecular weight is 346 g/mol. The lowest BCUT2D eigenvalue weighted by molar-refractivity contribution is 0.0728. The summed E-state index contributed by atoms with van der Waals surface area (Å²) in [5.74, 6) is 0.419. The molecule has 5 heteroatoms. The third kappa shape index (κ3) is 4.54. The van der Waals surface area contributed by atoms with Crippen LogP contribution in [0.3, 0.4) is 0 Å². The largest absolute Gasteiger partial charge is 0.490 e. The van der Waals surface area contributed by atoms with E-state index in [2.05, 4.69) is 9.97 Å². The van der Waals surface area contributed by atoms with Crippen molar-refractivity contribution < 1.29 is 14.3 Å². The van der Waals surface area contributed by atoms with Crippen LogP contribution in [0.5, 0.6) is 11.5 Å². The Hall–Kier alpha value is -3.47. The van der Waals surface area contributed by atoms with Gasteiger partial charge in [-0.3, -0.25) is 9.97 Å². The maximum absolute atomic E-state index is 12.2. The molecule has 5 nitrogen and oxygen atoms in total. The average Bonchev–Trinajstić information content (AvgIpc) is 2.69. The van der Waals surface area contributed by atoms with Crippen LogP contribution in [0.2, 0.25) is 0 Å². The van der Waals surface area contributed by atoms with E-state index in [1.807, 2.05) is 43.3 Å². The predicted octanol–water partition coefficient (Wildman–Crippen LogP) is 4.26. The van der Waals surface area contributed by atoms with Gasteiger partial charge in [0.1, 0.15) is 0 Å². The van der Waals surface area contributed by atoms with E-state index in [1.165, 1.54) is 6.20 Å². The van der Waals surface area contributed by atoms with Crippen LogP contribution in [-0.2, 0) is 0 Å². The van der Waals surface area contributed by atoms with Crippen molar-refractivity contribution in [2.24, 2.45) is 0 Å². The Morgan fingerprint density at radius 3 is 2.50 bits per heavy atom. The van der Waals surface area contributed by atoms with Gasteiger partial charge in [-0.1, -0.05) is 18.2 Å². The van der Waals surface area contributed by atoms with Crippen LogP contribution in [0.4, 0.5) is 0 Å². The topological polar surface area (TPSA) is 61.3 Å². The molecule has 0 fully saturated rings. The number of aromatic nitrogens is 2. The SMILES string of the molecule is CCOc1cc(/C=C/c2ccncc2)ccc1OC(=O)c1cccnc1. The van der Waals surface area contributed by atoms with Gasteiger partial charge in [0, 0.05) is 24.8 Å². The summed E-state index contributed by atoms with van der Waals surface area (Å²) in [6, 6.07) is 12.6. The first-order chi connectivity index (χ1) is 12.8. The molecule has 0 spiro atoms. The van der Waals surface area contributed by atoms with Gasteiger partial charge in [-0.2, -0.15) is 0 Å². The monoisotopic (exact) mass is 346 g/mol. The highest BCUT2D eigenvalue weighted by molar-refractivity contribution is 5.91. The summed E-state index contributed by atoms with van der Waals surface area (Å²) in [7, 11) is 0. The van der Waals surface area contributed by atoms with Crippen molar-refractivity contribution in [2.75, 3.05) is 6.61 Å². The second-order valence-electron chi connectivity index (χ2n) is 5.38. The molecule has 3 aromatic rings. The molecule has 0 saturated heterocycles. The second-order valence-corrected chi connectivity index (χ2v) is 5.38. The van der Waals surface area contributed by atoms with E-state index in [1.54, 1.807) is 36.8 Å². The number of pyridine rings is 2. The van der Waals surface area contributed by atoms with Crippen molar-refractivity contribution in [1.29, 1.82) is 0 Å². The van der Waals surface area contributed by atoms with Gasteiger partial charge in [0.2, 0.25) is 0 Å². The molecule has 2 heterocycles. The number of carbonyl (C=O) groups excluding carboxylic acids is 1. The number of ether oxygens (including phenoxy) is 2. The molecule has 0 bridgehead atoms. The molecule has 2 aromatic heterocycles. The highest BCUT2D eigenvalue weighted by Crippen LogP contribution is 2.30. The number of esters is 1. The zero-order chi connectivity index (χ0) is 18.2. The Kier molecular flexibility index (Phi) is 5.72. The van der Waals surface area contributed by atoms with E-state index in [-0.39, 0.29) is 0 Å². The van der Waals surface area contributed by atoms with Crippen molar-refractivity contribution in [3.05, 3.63) is 83.9 Å². The number of benzene rings is 1. The Balaban J connectivity index is 1.80. The lowest BCUT2D eigenvalue weighted by atomic mass is 10.1. The number of rotatable bonds is 6. The fraction of sp³-hybridized carbons (Fsp3) is 0.0952. The molecule has 26 heavy (non-hydrogen) atoms. The van der Waals surface area contributed by atoms with Crippen molar-refractivity contribution >= 4 is 18.1 Å². The zero-order valence-electron chi connectivity index (χ0n) is 14.3. The second kappa shape index (κ2) is 8.58. The van der Waals surface area contributed by atoms with Crippen molar-refractivity contribution in [3.63, 3.8) is 0 Å². The van der Waals surface area contributed by atoms with Crippen LogP contribution in [-0.4, -0.2) is 22.5 Å². The number of hydrogen-bond donors (Lipinski definition) is 0. The molecule has 0 aliphatic carbocycles. The quantitative estimate of drug-likeness (QED) is 0.493. The Morgan fingerprint density at radius 1 is 0.962 bits per heavy atom. The van der Waals surface area contributed by atoms with Crippen LogP contribution < -0.4 is 9.47 Å². The Morgan fingerprint density at radius 2 is 1.77 bits per heavy atom. The smallest absolute Gasteiger partial charge is 0.345 e. The van der Waals surface area contributed by atoms with Crippen LogP contribution in [0.1, 0.15) is 28.4 Å². The van der Waals surface area contributed by atoms with E-state index in [9.17, 15) is 4.79 Å². The molecule has 3 rings (SSSR count). The molecule has 0 aliphatic heterocycles. The van der Waals surface area contributed by atoms with Gasteiger partial charge in [-0.25, -0.2) is 4.79 Å². The number of carbonyl (C=O) groups is 1. The third-order valence-corrected chi connectivity index (χ3v) is 3.54. The lowest BCUT2D eigenvalue weighted by Gasteiger charge is -2.11. The lowest BCUT2D eigenvalue weighted by Crippen LogP contribution is -2.10. The van der Waals surface area contributed by atoms with Crippen LogP contribution in [0.25, 0.3) is 12.2 Å². The van der Waals surface area contributed by atoms with Crippen LogP contribution in [0.15, 0.2) is 67.3 Å². The fourth-order valence-electron chi connectivity index (χ4n) is 2.29. The summed E-state index contributed by atoms with van der Waals surface area (Å²) >= 11 is 0. The normalized spacial score (nSPS) is 10.7. The molecule has 0 saturated carbocycles. The van der Waals surface area contributed by atoms with E-state index in [0.29, 0.717) is 23.7 Å². The van der Waals surface area contributed by atoms with Crippen LogP contribution in [0, 0.1) is 0 Å². The minimum absolute atomic E-state index is 0.377. The van der Waals surface area contributed by atoms with E-state index in [4.69, 9.17) is 9.47 Å². The molecule has 1 aromatic carbocycles. The standard InChI is InChI=1S/C21H18N2O3/c1-2-25-20-14-17(6-5-16-9-12-22-13-10-16)7-8-19(20)26-21(24)18-4-3-11-23-15-18/h3-15H,2H2,1H3/b6-5+. The highest BCUT2D eigenvalue weighted by atomic mass is 16.6.